The molecular formula is C32H30O8S2. The smallest absolute Gasteiger partial charge is 0.268 e. The first-order valence-corrected chi connectivity index (χ1v) is 16.4. The van der Waals surface area contributed by atoms with Gasteiger partial charge in [-0.15, -0.1) is 0 Å². The summed E-state index contributed by atoms with van der Waals surface area (Å²) in [7, 11) is -8.45. The van der Waals surface area contributed by atoms with Crippen molar-refractivity contribution in [2.24, 2.45) is 0 Å². The fourth-order valence-electron chi connectivity index (χ4n) is 4.21. The number of unbranched alkanes of at least 4 members (excludes halogenated alkanes) is 1. The maximum Gasteiger partial charge on any atom is 0.268 e. The molecule has 0 aliphatic carbocycles. The first kappa shape index (κ1) is 31.0. The standard InChI is InChI=1S/C32H30O8S2/c33-29(25-15-5-1-6-16-25)31(27-19-9-3-10-20-27)39-41(35,36)23-13-14-24-42(37,38)40-32(28-21-11-4-12-22-28)30(34)26-17-7-2-8-18-26/h1-12,15-22,31-32H,13-14,23-24H2. The zero-order valence-corrected chi connectivity index (χ0v) is 24.2. The van der Waals surface area contributed by atoms with Crippen molar-refractivity contribution in [2.75, 3.05) is 11.5 Å². The normalized spacial score (nSPS) is 13.2. The highest BCUT2D eigenvalue weighted by Gasteiger charge is 2.30. The van der Waals surface area contributed by atoms with Gasteiger partial charge in [-0.2, -0.15) is 16.8 Å². The number of carbonyl (C=O) groups excluding carboxylic acids is 2. The number of carbonyl (C=O) groups is 2. The van der Waals surface area contributed by atoms with E-state index in [4.69, 9.17) is 8.37 Å². The predicted octanol–water partition coefficient (Wildman–Crippen LogP) is 5.71. The molecule has 0 saturated heterocycles. The van der Waals surface area contributed by atoms with Gasteiger partial charge in [0.25, 0.3) is 20.2 Å². The minimum atomic E-state index is -4.23. The highest BCUT2D eigenvalue weighted by molar-refractivity contribution is 7.87. The SMILES string of the molecule is O=C(c1ccccc1)C(OS(=O)(=O)CCCCS(=O)(=O)OC(C(=O)c1ccccc1)c1ccccc1)c1ccccc1. The van der Waals surface area contributed by atoms with Crippen LogP contribution in [0.4, 0.5) is 0 Å². The van der Waals surface area contributed by atoms with Gasteiger partial charge in [0.2, 0.25) is 0 Å². The average Bonchev–Trinajstić information content (AvgIpc) is 3.02. The van der Waals surface area contributed by atoms with E-state index < -0.39 is 55.5 Å². The van der Waals surface area contributed by atoms with Crippen molar-refractivity contribution in [3.63, 3.8) is 0 Å². The number of hydrogen-bond donors (Lipinski definition) is 0. The lowest BCUT2D eigenvalue weighted by molar-refractivity contribution is 0.0796. The van der Waals surface area contributed by atoms with Gasteiger partial charge in [-0.05, 0) is 24.0 Å². The number of hydrogen-bond acceptors (Lipinski definition) is 8. The van der Waals surface area contributed by atoms with Crippen LogP contribution in [-0.2, 0) is 28.6 Å². The van der Waals surface area contributed by atoms with E-state index in [0.29, 0.717) is 22.3 Å². The quantitative estimate of drug-likeness (QED) is 0.0959. The molecule has 2 unspecified atom stereocenters. The molecule has 0 bridgehead atoms. The Morgan fingerprint density at radius 3 is 1.07 bits per heavy atom. The summed E-state index contributed by atoms with van der Waals surface area (Å²) in [6.07, 6.45) is -2.92. The van der Waals surface area contributed by atoms with Crippen LogP contribution >= 0.6 is 0 Å². The zero-order valence-electron chi connectivity index (χ0n) is 22.6. The van der Waals surface area contributed by atoms with Crippen molar-refractivity contribution in [1.29, 1.82) is 0 Å². The highest BCUT2D eigenvalue weighted by Crippen LogP contribution is 2.27. The Morgan fingerprint density at radius 2 is 0.762 bits per heavy atom. The average molecular weight is 607 g/mol. The molecule has 0 heterocycles. The summed E-state index contributed by atoms with van der Waals surface area (Å²) in [6.45, 7) is 0. The Balaban J connectivity index is 1.39. The van der Waals surface area contributed by atoms with Crippen LogP contribution in [-0.4, -0.2) is 39.9 Å². The first-order valence-electron chi connectivity index (χ1n) is 13.3. The number of Topliss-reactive ketones (excluding diaryl/α,β-unsaturated/α-hetero) is 2. The van der Waals surface area contributed by atoms with Crippen molar-refractivity contribution in [3.05, 3.63) is 144 Å². The number of ketones is 2. The summed E-state index contributed by atoms with van der Waals surface area (Å²) >= 11 is 0. The molecule has 2 atom stereocenters. The van der Waals surface area contributed by atoms with Gasteiger partial charge in [0, 0.05) is 11.1 Å². The van der Waals surface area contributed by atoms with Crippen LogP contribution in [0.1, 0.15) is 56.9 Å². The lowest BCUT2D eigenvalue weighted by atomic mass is 10.0. The van der Waals surface area contributed by atoms with Crippen molar-refractivity contribution >= 4 is 31.8 Å². The molecule has 4 rings (SSSR count). The van der Waals surface area contributed by atoms with Gasteiger partial charge < -0.3 is 0 Å². The van der Waals surface area contributed by atoms with Gasteiger partial charge in [0.1, 0.15) is 0 Å². The third-order valence-electron chi connectivity index (χ3n) is 6.32. The Morgan fingerprint density at radius 1 is 0.476 bits per heavy atom. The van der Waals surface area contributed by atoms with E-state index in [1.54, 1.807) is 121 Å². The monoisotopic (exact) mass is 606 g/mol. The molecule has 0 amide bonds. The molecule has 42 heavy (non-hydrogen) atoms. The van der Waals surface area contributed by atoms with Crippen molar-refractivity contribution in [3.8, 4) is 0 Å². The summed E-state index contributed by atoms with van der Waals surface area (Å²) in [4.78, 5) is 26.3. The first-order chi connectivity index (χ1) is 20.2. The Bertz CT molecular complexity index is 1550. The maximum absolute atomic E-state index is 13.1. The molecule has 8 nitrogen and oxygen atoms in total. The van der Waals surface area contributed by atoms with Gasteiger partial charge in [0.05, 0.1) is 11.5 Å². The van der Waals surface area contributed by atoms with Gasteiger partial charge in [-0.1, -0.05) is 121 Å². The zero-order chi connectivity index (χ0) is 30.0. The van der Waals surface area contributed by atoms with Crippen LogP contribution in [0.3, 0.4) is 0 Å². The van der Waals surface area contributed by atoms with Crippen LogP contribution in [0.15, 0.2) is 121 Å². The fourth-order valence-corrected chi connectivity index (χ4v) is 6.50. The molecule has 0 radical (unpaired) electrons. The molecule has 0 N–H and O–H groups in total. The van der Waals surface area contributed by atoms with Crippen LogP contribution in [0, 0.1) is 0 Å². The molecule has 0 aliphatic rings. The second kappa shape index (κ2) is 14.3. The Hall–Kier alpha value is -3.96. The summed E-state index contributed by atoms with van der Waals surface area (Å²) in [5.41, 5.74) is 1.34. The van der Waals surface area contributed by atoms with Gasteiger partial charge in [-0.3, -0.25) is 18.0 Å². The van der Waals surface area contributed by atoms with E-state index in [1.165, 1.54) is 0 Å². The van der Waals surface area contributed by atoms with Crippen LogP contribution in [0.2, 0.25) is 0 Å². The minimum absolute atomic E-state index is 0.0748. The molecule has 4 aromatic carbocycles. The number of rotatable bonds is 15. The molecule has 4 aromatic rings. The lowest BCUT2D eigenvalue weighted by Crippen LogP contribution is -2.23. The molecule has 10 heteroatoms. The van der Waals surface area contributed by atoms with E-state index in [9.17, 15) is 26.4 Å². The van der Waals surface area contributed by atoms with E-state index in [0.717, 1.165) is 0 Å². The summed E-state index contributed by atoms with van der Waals surface area (Å²) in [5.74, 6) is -2.06. The van der Waals surface area contributed by atoms with Gasteiger partial charge >= 0.3 is 0 Å². The molecule has 218 valence electrons. The molecule has 0 saturated carbocycles. The second-order valence-electron chi connectivity index (χ2n) is 9.47. The lowest BCUT2D eigenvalue weighted by Gasteiger charge is -2.18. The van der Waals surface area contributed by atoms with E-state index in [-0.39, 0.29) is 12.8 Å². The van der Waals surface area contributed by atoms with E-state index in [2.05, 4.69) is 0 Å². The summed E-state index contributed by atoms with van der Waals surface area (Å²) in [6, 6.07) is 33.0. The highest BCUT2D eigenvalue weighted by atomic mass is 32.2. The number of benzene rings is 4. The van der Waals surface area contributed by atoms with Crippen LogP contribution in [0.25, 0.3) is 0 Å². The minimum Gasteiger partial charge on any atom is -0.291 e. The second-order valence-corrected chi connectivity index (χ2v) is 12.9. The van der Waals surface area contributed by atoms with E-state index >= 15 is 0 Å². The fraction of sp³-hybridized carbons (Fsp3) is 0.188. The molecular weight excluding hydrogens is 576 g/mol. The largest absolute Gasteiger partial charge is 0.291 e. The van der Waals surface area contributed by atoms with Crippen molar-refractivity contribution in [2.45, 2.75) is 25.0 Å². The Kier molecular flexibility index (Phi) is 10.5. The van der Waals surface area contributed by atoms with Crippen LogP contribution in [0.5, 0.6) is 0 Å². The van der Waals surface area contributed by atoms with E-state index in [1.807, 2.05) is 0 Å². The summed E-state index contributed by atoms with van der Waals surface area (Å²) < 4.78 is 62.3. The summed E-state index contributed by atoms with van der Waals surface area (Å²) in [5, 5.41) is 0. The van der Waals surface area contributed by atoms with Crippen molar-refractivity contribution in [1.82, 2.24) is 0 Å². The third-order valence-corrected chi connectivity index (χ3v) is 8.87. The Labute approximate surface area is 246 Å². The van der Waals surface area contributed by atoms with Crippen LogP contribution < -0.4 is 0 Å². The topological polar surface area (TPSA) is 121 Å². The third kappa shape index (κ3) is 8.77. The van der Waals surface area contributed by atoms with Crippen molar-refractivity contribution < 1.29 is 34.8 Å². The molecule has 0 spiro atoms. The molecule has 0 aromatic heterocycles. The predicted molar refractivity (Wildman–Crippen MR) is 159 cm³/mol. The maximum atomic E-state index is 13.1. The molecule has 0 fully saturated rings. The van der Waals surface area contributed by atoms with Gasteiger partial charge in [-0.25, -0.2) is 0 Å². The van der Waals surface area contributed by atoms with Gasteiger partial charge in [0.15, 0.2) is 23.8 Å². The molecule has 0 aliphatic heterocycles.